The van der Waals surface area contributed by atoms with Crippen LogP contribution < -0.4 is 10.6 Å². The Kier molecular flexibility index (Phi) is 4.26. The highest BCUT2D eigenvalue weighted by atomic mass is 16.7. The molecule has 0 saturated carbocycles. The van der Waals surface area contributed by atoms with E-state index in [1.165, 1.54) is 17.2 Å². The van der Waals surface area contributed by atoms with Crippen LogP contribution in [0, 0.1) is 0 Å². The summed E-state index contributed by atoms with van der Waals surface area (Å²) in [4.78, 5) is 39.8. The highest BCUT2D eigenvalue weighted by Crippen LogP contribution is 2.26. The Hall–Kier alpha value is -3.19. The van der Waals surface area contributed by atoms with Crippen LogP contribution in [0.25, 0.3) is 0 Å². The third-order valence-corrected chi connectivity index (χ3v) is 3.41. The fourth-order valence-corrected chi connectivity index (χ4v) is 2.27. The van der Waals surface area contributed by atoms with Crippen molar-refractivity contribution in [3.8, 4) is 0 Å². The molecule has 0 spiro atoms. The van der Waals surface area contributed by atoms with E-state index in [-0.39, 0.29) is 11.5 Å². The minimum absolute atomic E-state index is 0.149. The molecule has 1 fully saturated rings. The van der Waals surface area contributed by atoms with Crippen molar-refractivity contribution >= 4 is 23.4 Å². The first kappa shape index (κ1) is 15.7. The Morgan fingerprint density at radius 1 is 1.12 bits per heavy atom. The van der Waals surface area contributed by atoms with Gasteiger partial charge in [-0.2, -0.15) is 0 Å². The maximum Gasteiger partial charge on any atom is 0.377 e. The number of nitrogens with zero attached hydrogens (tertiary/aromatic N) is 1. The Bertz CT molecular complexity index is 772. The topological polar surface area (TPSA) is 84.9 Å². The van der Waals surface area contributed by atoms with Crippen LogP contribution in [0.2, 0.25) is 0 Å². The number of esters is 1. The number of hydrogen-bond donors (Lipinski definition) is 1. The zero-order chi connectivity index (χ0) is 17.1. The number of rotatable bonds is 3. The average molecular weight is 326 g/mol. The molecule has 0 amide bonds. The number of hydrazine groups is 1. The van der Waals surface area contributed by atoms with Crippen LogP contribution in [-0.2, 0) is 19.2 Å². The average Bonchev–Trinajstić information content (AvgIpc) is 2.98. The number of ketones is 1. The smallest absolute Gasteiger partial charge is 0.377 e. The van der Waals surface area contributed by atoms with Gasteiger partial charge in [0.05, 0.1) is 17.9 Å². The monoisotopic (exact) mass is 326 g/mol. The first-order valence-electron chi connectivity index (χ1n) is 7.28. The first-order chi connectivity index (χ1) is 11.6. The van der Waals surface area contributed by atoms with Gasteiger partial charge in [0.15, 0.2) is 11.5 Å². The summed E-state index contributed by atoms with van der Waals surface area (Å²) in [6.45, 7) is 2.03. The SMILES string of the molecule is CCOC(=O)c1ccc(N2NOC(=O)C2=C2C=CC(=O)C=C2)cc1. The number of hydrogen-bond acceptors (Lipinski definition) is 7. The second kappa shape index (κ2) is 6.51. The molecule has 1 aromatic carbocycles. The van der Waals surface area contributed by atoms with Gasteiger partial charge in [-0.25, -0.2) is 14.6 Å². The molecule has 0 unspecified atom stereocenters. The van der Waals surface area contributed by atoms with E-state index in [0.29, 0.717) is 23.4 Å². The molecule has 7 nitrogen and oxygen atoms in total. The zero-order valence-corrected chi connectivity index (χ0v) is 12.8. The van der Waals surface area contributed by atoms with Crippen LogP contribution in [0.15, 0.2) is 59.8 Å². The van der Waals surface area contributed by atoms with Crippen molar-refractivity contribution in [2.75, 3.05) is 11.6 Å². The summed E-state index contributed by atoms with van der Waals surface area (Å²) in [5.41, 5.74) is 4.30. The quantitative estimate of drug-likeness (QED) is 0.667. The van der Waals surface area contributed by atoms with Gasteiger partial charge in [0.1, 0.15) is 0 Å². The van der Waals surface area contributed by atoms with Crippen LogP contribution in [0.3, 0.4) is 0 Å². The van der Waals surface area contributed by atoms with E-state index in [1.54, 1.807) is 43.3 Å². The lowest BCUT2D eigenvalue weighted by atomic mass is 10.1. The molecule has 122 valence electrons. The summed E-state index contributed by atoms with van der Waals surface area (Å²) in [5.74, 6) is -1.13. The van der Waals surface area contributed by atoms with E-state index < -0.39 is 11.9 Å². The molecule has 1 saturated heterocycles. The highest BCUT2D eigenvalue weighted by molar-refractivity contribution is 6.03. The van der Waals surface area contributed by atoms with E-state index >= 15 is 0 Å². The van der Waals surface area contributed by atoms with Gasteiger partial charge < -0.3 is 9.57 Å². The number of carbonyl (C=O) groups is 3. The summed E-state index contributed by atoms with van der Waals surface area (Å²) < 4.78 is 4.93. The predicted octanol–water partition coefficient (Wildman–Crippen LogP) is 1.60. The second-order valence-electron chi connectivity index (χ2n) is 4.96. The van der Waals surface area contributed by atoms with E-state index in [0.717, 1.165) is 0 Å². The molecule has 0 bridgehead atoms. The number of allylic oxidation sites excluding steroid dienone is 5. The van der Waals surface area contributed by atoms with Gasteiger partial charge in [0.2, 0.25) is 0 Å². The lowest BCUT2D eigenvalue weighted by molar-refractivity contribution is -0.140. The molecular weight excluding hydrogens is 312 g/mol. The Labute approximate surface area is 137 Å². The minimum Gasteiger partial charge on any atom is -0.462 e. The maximum absolute atomic E-state index is 12.0. The maximum atomic E-state index is 12.0. The van der Waals surface area contributed by atoms with Crippen molar-refractivity contribution < 1.29 is 24.0 Å². The number of ether oxygens (including phenoxy) is 1. The van der Waals surface area contributed by atoms with Crippen molar-refractivity contribution in [3.05, 3.63) is 65.4 Å². The van der Waals surface area contributed by atoms with Crippen LogP contribution in [-0.4, -0.2) is 24.3 Å². The molecule has 1 heterocycles. The number of anilines is 1. The summed E-state index contributed by atoms with van der Waals surface area (Å²) in [5, 5.41) is 1.44. The van der Waals surface area contributed by atoms with Crippen molar-refractivity contribution in [2.45, 2.75) is 6.92 Å². The van der Waals surface area contributed by atoms with E-state index in [1.807, 2.05) is 0 Å². The van der Waals surface area contributed by atoms with Crippen LogP contribution >= 0.6 is 0 Å². The minimum atomic E-state index is -0.567. The molecule has 1 aliphatic heterocycles. The molecule has 1 aromatic rings. The zero-order valence-electron chi connectivity index (χ0n) is 12.8. The molecule has 0 aromatic heterocycles. The van der Waals surface area contributed by atoms with E-state index in [2.05, 4.69) is 5.59 Å². The van der Waals surface area contributed by atoms with Crippen LogP contribution in [0.1, 0.15) is 17.3 Å². The molecule has 24 heavy (non-hydrogen) atoms. The normalized spacial score (nSPS) is 16.6. The molecule has 1 N–H and O–H groups in total. The lowest BCUT2D eigenvalue weighted by Gasteiger charge is -2.17. The Balaban J connectivity index is 1.91. The lowest BCUT2D eigenvalue weighted by Crippen LogP contribution is -2.29. The summed E-state index contributed by atoms with van der Waals surface area (Å²) in [6, 6.07) is 6.50. The second-order valence-corrected chi connectivity index (χ2v) is 4.96. The molecule has 0 radical (unpaired) electrons. The summed E-state index contributed by atoms with van der Waals surface area (Å²) >= 11 is 0. The third kappa shape index (κ3) is 2.97. The fraction of sp³-hybridized carbons (Fsp3) is 0.118. The van der Waals surface area contributed by atoms with Crippen molar-refractivity contribution in [3.63, 3.8) is 0 Å². The largest absolute Gasteiger partial charge is 0.462 e. The van der Waals surface area contributed by atoms with Gasteiger partial charge >= 0.3 is 11.9 Å². The standard InChI is InChI=1S/C17H14N2O5/c1-2-23-16(21)12-3-7-13(8-4-12)19-15(17(22)24-18-19)11-5-9-14(20)10-6-11/h3-10,18H,2H2,1H3. The Morgan fingerprint density at radius 2 is 1.79 bits per heavy atom. The third-order valence-electron chi connectivity index (χ3n) is 3.41. The fourth-order valence-electron chi connectivity index (χ4n) is 2.27. The molecule has 1 aliphatic carbocycles. The Morgan fingerprint density at radius 3 is 2.42 bits per heavy atom. The highest BCUT2D eigenvalue weighted by Gasteiger charge is 2.31. The summed E-state index contributed by atoms with van der Waals surface area (Å²) in [7, 11) is 0. The van der Waals surface area contributed by atoms with Gasteiger partial charge in [-0.1, -0.05) is 5.59 Å². The summed E-state index contributed by atoms with van der Waals surface area (Å²) in [6.07, 6.45) is 5.84. The van der Waals surface area contributed by atoms with E-state index in [4.69, 9.17) is 9.57 Å². The van der Waals surface area contributed by atoms with Gasteiger partial charge in [-0.15, -0.1) is 0 Å². The van der Waals surface area contributed by atoms with Crippen molar-refractivity contribution in [1.82, 2.24) is 5.59 Å². The van der Waals surface area contributed by atoms with E-state index in [9.17, 15) is 14.4 Å². The van der Waals surface area contributed by atoms with Crippen LogP contribution in [0.4, 0.5) is 5.69 Å². The molecule has 0 atom stereocenters. The molecule has 7 heteroatoms. The first-order valence-corrected chi connectivity index (χ1v) is 7.28. The molecular formula is C17H14N2O5. The number of nitrogens with one attached hydrogen (secondary N) is 1. The van der Waals surface area contributed by atoms with Gasteiger partial charge in [0.25, 0.3) is 0 Å². The van der Waals surface area contributed by atoms with Gasteiger partial charge in [0, 0.05) is 5.57 Å². The van der Waals surface area contributed by atoms with Gasteiger partial charge in [-0.3, -0.25) is 4.79 Å². The number of carbonyl (C=O) groups excluding carboxylic acids is 3. The predicted molar refractivity (Wildman–Crippen MR) is 84.4 cm³/mol. The van der Waals surface area contributed by atoms with Crippen molar-refractivity contribution in [1.29, 1.82) is 0 Å². The number of benzene rings is 1. The molecule has 3 rings (SSSR count). The van der Waals surface area contributed by atoms with Crippen molar-refractivity contribution in [2.24, 2.45) is 0 Å². The van der Waals surface area contributed by atoms with Crippen LogP contribution in [0.5, 0.6) is 0 Å². The molecule has 2 aliphatic rings. The van der Waals surface area contributed by atoms with Gasteiger partial charge in [-0.05, 0) is 55.5 Å².